The molecule has 9 aromatic rings. The van der Waals surface area contributed by atoms with Crippen molar-refractivity contribution >= 4 is 45.4 Å². The predicted molar refractivity (Wildman–Crippen MR) is 396 cm³/mol. The minimum atomic E-state index is -4.27. The Labute approximate surface area is 614 Å². The number of esters is 4. The average Bonchev–Trinajstić information content (AvgIpc) is 0.823. The van der Waals surface area contributed by atoms with Crippen LogP contribution in [0.2, 0.25) is 0 Å². The first kappa shape index (κ1) is 84.5. The highest BCUT2D eigenvalue weighted by Crippen LogP contribution is 2.33. The number of unbranched alkanes of at least 4 members (excludes halogenated alkanes) is 5. The molecule has 0 N–H and O–H groups in total. The smallest absolute Gasteiger partial charge is 0.343 e. The zero-order chi connectivity index (χ0) is 74.0. The number of pyridine rings is 2. The number of hydrogen-bond donors (Lipinski definition) is 0. The largest absolute Gasteiger partial charge is 1.00 e. The summed E-state index contributed by atoms with van der Waals surface area (Å²) in [6, 6.07) is 48.5. The molecule has 9 rings (SSSR count). The second-order valence-electron chi connectivity index (χ2n) is 23.6. The summed E-state index contributed by atoms with van der Waals surface area (Å²) in [6.45, 7) is 24.3. The van der Waals surface area contributed by atoms with Crippen molar-refractivity contribution in [2.24, 2.45) is 0 Å². The van der Waals surface area contributed by atoms with E-state index in [1.807, 2.05) is 134 Å². The van der Waals surface area contributed by atoms with Gasteiger partial charge < -0.3 is 64.5 Å². The van der Waals surface area contributed by atoms with Crippen LogP contribution in [-0.2, 0) is 23.2 Å². The number of aryl methyl sites for hydroxylation is 2. The molecule has 2 aromatic heterocycles. The van der Waals surface area contributed by atoms with Crippen molar-refractivity contribution in [2.75, 3.05) is 57.8 Å². The first-order valence-corrected chi connectivity index (χ1v) is 35.6. The first-order valence-electron chi connectivity index (χ1n) is 34.2. The van der Waals surface area contributed by atoms with E-state index < -0.39 is 34.0 Å². The average molecular weight is 1480 g/mol. The van der Waals surface area contributed by atoms with E-state index in [4.69, 9.17) is 33.2 Å². The molecule has 544 valence electrons. The molecule has 18 nitrogen and oxygen atoms in total. The molecule has 102 heavy (non-hydrogen) atoms. The van der Waals surface area contributed by atoms with Gasteiger partial charge in [-0.25, -0.2) is 36.7 Å². The fourth-order valence-corrected chi connectivity index (χ4v) is 9.95. The zero-order valence-electron chi connectivity index (χ0n) is 61.5. The number of nitrogens with zero attached hydrogens (tertiary/aromatic N) is 4. The van der Waals surface area contributed by atoms with Gasteiger partial charge in [0, 0.05) is 63.8 Å². The van der Waals surface area contributed by atoms with Crippen LogP contribution in [0.1, 0.15) is 148 Å². The minimum absolute atomic E-state index is 0. The first-order chi connectivity index (χ1) is 48.4. The summed E-state index contributed by atoms with van der Waals surface area (Å²) in [7, 11) is 3.76. The highest BCUT2D eigenvalue weighted by molar-refractivity contribution is 7.85. The van der Waals surface area contributed by atoms with Gasteiger partial charge in [0.2, 0.25) is 0 Å². The number of carbonyl (C=O) groups is 4. The number of carbonyl (C=O) groups excluding carboxylic acids is 4. The number of anilines is 2. The van der Waals surface area contributed by atoms with E-state index in [1.54, 1.807) is 121 Å². The van der Waals surface area contributed by atoms with E-state index in [9.17, 15) is 32.1 Å². The van der Waals surface area contributed by atoms with Gasteiger partial charge in [-0.05, 0) is 192 Å². The molecule has 0 atom stereocenters. The van der Waals surface area contributed by atoms with Crippen LogP contribution >= 0.6 is 0 Å². The molecule has 0 bridgehead atoms. The van der Waals surface area contributed by atoms with E-state index >= 15 is 0 Å². The van der Waals surface area contributed by atoms with Gasteiger partial charge in [0.25, 0.3) is 0 Å². The molecule has 0 aliphatic heterocycles. The van der Waals surface area contributed by atoms with Crippen LogP contribution in [-0.4, -0.2) is 84.9 Å². The van der Waals surface area contributed by atoms with Gasteiger partial charge in [-0.1, -0.05) is 102 Å². The van der Waals surface area contributed by atoms with Crippen molar-refractivity contribution in [1.29, 1.82) is 0 Å². The van der Waals surface area contributed by atoms with Crippen molar-refractivity contribution in [3.05, 3.63) is 250 Å². The van der Waals surface area contributed by atoms with Gasteiger partial charge >= 0.3 is 23.9 Å². The van der Waals surface area contributed by atoms with Crippen LogP contribution < -0.4 is 69.1 Å². The third-order valence-corrected chi connectivity index (χ3v) is 16.7. The Bertz CT molecular complexity index is 4150. The summed E-state index contributed by atoms with van der Waals surface area (Å²) < 4.78 is 75.4. The monoisotopic (exact) mass is 1470 g/mol. The maximum Gasteiger partial charge on any atom is 0.343 e. The standard InChI is InChI=1S/C39H47N2O6.C32H33N2O5.C7H8O3S.2C2H6.BrH/c1-6-7-8-9-10-11-27-44-34-16-12-31(13-17-34)38(42)46-36-20-21-37(30(3)29(36)2)47-39(43)32-14-18-35(19-15-32)45-28-26-41-24-22-33(23-25-41)40(4)5;1-22-6-8-25(9-7-22)31(35)38-29-14-15-30(24(3)23(29)2)39-32(36)26-10-12-28(13-11-26)37-21-20-34-18-16-27(17-19-34)33(4)5;1-6-2-4-7(5-3-6)11(8,9)10;2*1-2;/h12-25H,6-11,26-28H2,1-5H3;6-19H,20-21H2,1-5H3;2-5H,1H3,(H,8,9,10);2*1-2H3;1H/q2*+1;;;;/p-2. The van der Waals surface area contributed by atoms with Gasteiger partial charge in [0.1, 0.15) is 63.6 Å². The van der Waals surface area contributed by atoms with E-state index in [0.29, 0.717) is 106 Å². The van der Waals surface area contributed by atoms with E-state index in [2.05, 4.69) is 50.1 Å². The van der Waals surface area contributed by atoms with Gasteiger partial charge in [-0.3, -0.25) is 0 Å². The molecule has 0 saturated carbocycles. The Hall–Kier alpha value is -9.89. The van der Waals surface area contributed by atoms with Crippen LogP contribution in [0.3, 0.4) is 0 Å². The third kappa shape index (κ3) is 27.6. The van der Waals surface area contributed by atoms with Crippen LogP contribution in [0.4, 0.5) is 11.4 Å². The lowest BCUT2D eigenvalue weighted by Crippen LogP contribution is -3.00. The lowest BCUT2D eigenvalue weighted by atomic mass is 10.1. The van der Waals surface area contributed by atoms with Crippen molar-refractivity contribution in [1.82, 2.24) is 0 Å². The Morgan fingerprint density at radius 2 is 0.637 bits per heavy atom. The highest BCUT2D eigenvalue weighted by Gasteiger charge is 2.20. The summed E-state index contributed by atoms with van der Waals surface area (Å²) in [6.07, 6.45) is 15.3. The molecule has 0 saturated heterocycles. The van der Waals surface area contributed by atoms with Crippen molar-refractivity contribution < 1.29 is 91.4 Å². The Balaban J connectivity index is 0.000000360. The summed E-state index contributed by atoms with van der Waals surface area (Å²) in [5.41, 5.74) is 8.82. The topological polar surface area (TPSA) is 204 Å². The maximum atomic E-state index is 12.9. The van der Waals surface area contributed by atoms with E-state index in [1.165, 1.54) is 37.8 Å². The SMILES string of the molecule is CC.CC.CCCCCCCCOc1ccc(C(=O)Oc2ccc(OC(=O)c3ccc(OCC[n+]4ccc(N(C)C)cc4)cc3)c(C)c2C)cc1.Cc1ccc(C(=O)Oc2ccc(OC(=O)c3ccc(OCC[n+]4ccc(N(C)C)cc4)cc3)c(C)c2C)cc1.Cc1ccc(S(=O)(=O)[O-])cc1.[Br-]. The van der Waals surface area contributed by atoms with E-state index in [-0.39, 0.29) is 21.9 Å². The van der Waals surface area contributed by atoms with E-state index in [0.717, 1.165) is 46.7 Å². The zero-order valence-corrected chi connectivity index (χ0v) is 63.9. The highest BCUT2D eigenvalue weighted by atomic mass is 79.9. The Kier molecular flexibility index (Phi) is 36.2. The number of rotatable bonds is 27. The fraction of sp³-hybridized carbons (Fsp3) is 0.317. The quantitative estimate of drug-likeness (QED) is 0.0154. The molecule has 0 unspecified atom stereocenters. The summed E-state index contributed by atoms with van der Waals surface area (Å²) in [4.78, 5) is 55.0. The summed E-state index contributed by atoms with van der Waals surface area (Å²) in [5, 5.41) is 0. The van der Waals surface area contributed by atoms with Crippen molar-refractivity contribution in [3.63, 3.8) is 0 Å². The lowest BCUT2D eigenvalue weighted by Gasteiger charge is -2.14. The molecule has 0 radical (unpaired) electrons. The molecule has 20 heteroatoms. The lowest BCUT2D eigenvalue weighted by molar-refractivity contribution is -0.697. The molecular weight excluding hydrogens is 1380 g/mol. The van der Waals surface area contributed by atoms with Crippen LogP contribution in [0, 0.1) is 41.5 Å². The van der Waals surface area contributed by atoms with Crippen LogP contribution in [0.5, 0.6) is 40.2 Å². The number of halogens is 1. The summed E-state index contributed by atoms with van der Waals surface area (Å²) >= 11 is 0. The van der Waals surface area contributed by atoms with Gasteiger partial charge in [0.15, 0.2) is 37.9 Å². The fourth-order valence-electron chi connectivity index (χ4n) is 9.48. The molecule has 7 aromatic carbocycles. The number of aromatic nitrogens is 2. The van der Waals surface area contributed by atoms with Gasteiger partial charge in [0.05, 0.1) is 33.8 Å². The van der Waals surface area contributed by atoms with Crippen LogP contribution in [0.15, 0.2) is 200 Å². The third-order valence-electron chi connectivity index (χ3n) is 15.8. The molecule has 0 aliphatic rings. The molecule has 0 amide bonds. The van der Waals surface area contributed by atoms with Gasteiger partial charge in [-0.2, -0.15) is 0 Å². The molecule has 0 aliphatic carbocycles. The second kappa shape index (κ2) is 43.7. The normalized spacial score (nSPS) is 10.4. The second-order valence-corrected chi connectivity index (χ2v) is 25.0. The minimum Gasteiger partial charge on any atom is -1.00 e. The number of benzene rings is 7. The number of hydrogen-bond acceptors (Lipinski definition) is 16. The maximum absolute atomic E-state index is 12.9. The number of ether oxygens (including phenoxy) is 7. The predicted octanol–water partition coefficient (Wildman–Crippen LogP) is 13.4. The van der Waals surface area contributed by atoms with Crippen molar-refractivity contribution in [2.45, 2.75) is 133 Å². The molecule has 0 fully saturated rings. The Morgan fingerprint density at radius 3 is 0.922 bits per heavy atom. The van der Waals surface area contributed by atoms with Crippen molar-refractivity contribution in [3.8, 4) is 40.2 Å². The Morgan fingerprint density at radius 1 is 0.373 bits per heavy atom. The molecule has 0 spiro atoms. The van der Waals surface area contributed by atoms with Gasteiger partial charge in [-0.15, -0.1) is 0 Å². The summed E-state index contributed by atoms with van der Waals surface area (Å²) in [5.74, 6) is 1.83. The van der Waals surface area contributed by atoms with Crippen LogP contribution in [0.25, 0.3) is 0 Å². The molecule has 2 heterocycles. The molecular formula is C82H99BrN4O14S.